The monoisotopic (exact) mass is 290 g/mol. The van der Waals surface area contributed by atoms with Crippen molar-refractivity contribution in [3.8, 4) is 0 Å². The van der Waals surface area contributed by atoms with Gasteiger partial charge in [0, 0.05) is 36.6 Å². The molecule has 0 aromatic carbocycles. The van der Waals surface area contributed by atoms with Gasteiger partial charge in [-0.2, -0.15) is 0 Å². The van der Waals surface area contributed by atoms with Crippen LogP contribution in [0.2, 0.25) is 0 Å². The summed E-state index contributed by atoms with van der Waals surface area (Å²) in [5.41, 5.74) is 0.139. The largest absolute Gasteiger partial charge is 0.331 e. The SMILES string of the molecule is CCCn1ccc(=O)n(Cc2cn3ccsc3n2)c1=O. The maximum atomic E-state index is 12.2. The molecule has 20 heavy (non-hydrogen) atoms. The first-order chi connectivity index (χ1) is 9.69. The molecule has 0 fully saturated rings. The van der Waals surface area contributed by atoms with E-state index in [1.807, 2.05) is 29.1 Å². The van der Waals surface area contributed by atoms with Crippen LogP contribution < -0.4 is 11.2 Å². The number of hydrogen-bond donors (Lipinski definition) is 0. The van der Waals surface area contributed by atoms with Gasteiger partial charge in [0.1, 0.15) is 0 Å². The molecule has 3 heterocycles. The Hall–Kier alpha value is -2.15. The zero-order chi connectivity index (χ0) is 14.1. The highest BCUT2D eigenvalue weighted by Gasteiger charge is 2.08. The standard InChI is InChI=1S/C13H14N4O2S/c1-2-4-15-5-3-11(18)17(13(15)19)9-10-8-16-6-7-20-12(16)14-10/h3,5-8H,2,4,9H2,1H3. The van der Waals surface area contributed by atoms with E-state index < -0.39 is 0 Å². The summed E-state index contributed by atoms with van der Waals surface area (Å²) in [5, 5.41) is 1.94. The van der Waals surface area contributed by atoms with Gasteiger partial charge >= 0.3 is 5.69 Å². The fourth-order valence-corrected chi connectivity index (χ4v) is 2.85. The number of aromatic nitrogens is 4. The Morgan fingerprint density at radius 3 is 2.90 bits per heavy atom. The lowest BCUT2D eigenvalue weighted by Crippen LogP contribution is -2.39. The van der Waals surface area contributed by atoms with Gasteiger partial charge in [0.15, 0.2) is 4.96 Å². The highest BCUT2D eigenvalue weighted by atomic mass is 32.1. The van der Waals surface area contributed by atoms with Crippen molar-refractivity contribution < 1.29 is 0 Å². The van der Waals surface area contributed by atoms with E-state index >= 15 is 0 Å². The van der Waals surface area contributed by atoms with Gasteiger partial charge in [-0.05, 0) is 6.42 Å². The molecule has 104 valence electrons. The summed E-state index contributed by atoms with van der Waals surface area (Å²) in [6.45, 7) is 2.80. The highest BCUT2D eigenvalue weighted by molar-refractivity contribution is 7.15. The second kappa shape index (κ2) is 5.09. The van der Waals surface area contributed by atoms with E-state index in [4.69, 9.17) is 0 Å². The van der Waals surface area contributed by atoms with Gasteiger partial charge in [-0.25, -0.2) is 9.78 Å². The minimum Gasteiger partial charge on any atom is -0.300 e. The highest BCUT2D eigenvalue weighted by Crippen LogP contribution is 2.11. The average Bonchev–Trinajstić information content (AvgIpc) is 2.99. The summed E-state index contributed by atoms with van der Waals surface area (Å²) < 4.78 is 4.67. The van der Waals surface area contributed by atoms with Crippen molar-refractivity contribution in [2.45, 2.75) is 26.4 Å². The maximum absolute atomic E-state index is 12.2. The average molecular weight is 290 g/mol. The normalized spacial score (nSPS) is 11.2. The molecule has 3 rings (SSSR count). The van der Waals surface area contributed by atoms with Crippen LogP contribution in [0, 0.1) is 0 Å². The van der Waals surface area contributed by atoms with Gasteiger partial charge in [0.25, 0.3) is 5.56 Å². The Labute approximate surface area is 118 Å². The van der Waals surface area contributed by atoms with Crippen LogP contribution in [-0.2, 0) is 13.1 Å². The molecule has 0 amide bonds. The molecule has 3 aromatic rings. The van der Waals surface area contributed by atoms with E-state index in [0.717, 1.165) is 11.4 Å². The molecule has 0 aliphatic carbocycles. The molecule has 0 spiro atoms. The predicted molar refractivity (Wildman–Crippen MR) is 77.4 cm³/mol. The van der Waals surface area contributed by atoms with Gasteiger partial charge < -0.3 is 4.57 Å². The van der Waals surface area contributed by atoms with Crippen LogP contribution in [0.3, 0.4) is 0 Å². The quantitative estimate of drug-likeness (QED) is 0.725. The fourth-order valence-electron chi connectivity index (χ4n) is 2.13. The first-order valence-electron chi connectivity index (χ1n) is 6.40. The van der Waals surface area contributed by atoms with Gasteiger partial charge in [-0.1, -0.05) is 6.92 Å². The van der Waals surface area contributed by atoms with E-state index in [-0.39, 0.29) is 17.8 Å². The lowest BCUT2D eigenvalue weighted by atomic mass is 10.4. The van der Waals surface area contributed by atoms with Crippen molar-refractivity contribution in [1.82, 2.24) is 18.5 Å². The molecule has 6 nitrogen and oxygen atoms in total. The third kappa shape index (κ3) is 2.20. The van der Waals surface area contributed by atoms with Crippen molar-refractivity contribution in [3.63, 3.8) is 0 Å². The topological polar surface area (TPSA) is 61.3 Å². The summed E-state index contributed by atoms with van der Waals surface area (Å²) in [4.78, 5) is 29.4. The molecule has 0 aliphatic heterocycles. The second-order valence-electron chi connectivity index (χ2n) is 4.54. The summed E-state index contributed by atoms with van der Waals surface area (Å²) in [6.07, 6.45) is 6.14. The molecule has 0 bridgehead atoms. The van der Waals surface area contributed by atoms with Crippen molar-refractivity contribution in [1.29, 1.82) is 0 Å². The molecular weight excluding hydrogens is 276 g/mol. The van der Waals surface area contributed by atoms with Crippen LogP contribution in [0.1, 0.15) is 19.0 Å². The van der Waals surface area contributed by atoms with Crippen molar-refractivity contribution in [2.75, 3.05) is 0 Å². The van der Waals surface area contributed by atoms with Gasteiger partial charge in [0.2, 0.25) is 0 Å². The Balaban J connectivity index is 2.01. The molecule has 0 saturated heterocycles. The molecule has 0 N–H and O–H groups in total. The number of hydrogen-bond acceptors (Lipinski definition) is 4. The van der Waals surface area contributed by atoms with E-state index in [1.54, 1.807) is 10.8 Å². The van der Waals surface area contributed by atoms with Gasteiger partial charge in [0.05, 0.1) is 12.2 Å². The maximum Gasteiger partial charge on any atom is 0.331 e. The van der Waals surface area contributed by atoms with E-state index in [9.17, 15) is 9.59 Å². The lowest BCUT2D eigenvalue weighted by molar-refractivity contribution is 0.568. The number of aryl methyl sites for hydroxylation is 1. The van der Waals surface area contributed by atoms with Crippen molar-refractivity contribution >= 4 is 16.3 Å². The number of rotatable bonds is 4. The summed E-state index contributed by atoms with van der Waals surface area (Å²) >= 11 is 1.52. The molecule has 0 unspecified atom stereocenters. The minimum absolute atomic E-state index is 0.205. The van der Waals surface area contributed by atoms with Crippen LogP contribution in [0.4, 0.5) is 0 Å². The van der Waals surface area contributed by atoms with E-state index in [1.165, 1.54) is 22.0 Å². The van der Waals surface area contributed by atoms with Crippen LogP contribution in [-0.4, -0.2) is 18.5 Å². The number of nitrogens with zero attached hydrogens (tertiary/aromatic N) is 4. The zero-order valence-corrected chi connectivity index (χ0v) is 11.8. The Morgan fingerprint density at radius 2 is 2.15 bits per heavy atom. The van der Waals surface area contributed by atoms with E-state index in [2.05, 4.69) is 4.98 Å². The first kappa shape index (κ1) is 12.9. The molecule has 0 aliphatic rings. The summed E-state index contributed by atoms with van der Waals surface area (Å²) in [6, 6.07) is 1.43. The van der Waals surface area contributed by atoms with Crippen molar-refractivity contribution in [2.24, 2.45) is 0 Å². The lowest BCUT2D eigenvalue weighted by Gasteiger charge is -2.07. The third-order valence-electron chi connectivity index (χ3n) is 3.07. The fraction of sp³-hybridized carbons (Fsp3) is 0.308. The Bertz CT molecular complexity index is 826. The minimum atomic E-state index is -0.293. The van der Waals surface area contributed by atoms with Gasteiger partial charge in [-0.3, -0.25) is 13.8 Å². The Kier molecular flexibility index (Phi) is 3.27. The molecule has 7 heteroatoms. The van der Waals surface area contributed by atoms with Crippen LogP contribution in [0.5, 0.6) is 0 Å². The van der Waals surface area contributed by atoms with Gasteiger partial charge in [-0.15, -0.1) is 11.3 Å². The molecule has 0 atom stereocenters. The zero-order valence-electron chi connectivity index (χ0n) is 11.0. The molecule has 3 aromatic heterocycles. The molecule has 0 saturated carbocycles. The predicted octanol–water partition coefficient (Wildman–Crippen LogP) is 1.18. The summed E-state index contributed by atoms with van der Waals surface area (Å²) in [7, 11) is 0. The third-order valence-corrected chi connectivity index (χ3v) is 3.84. The molecule has 0 radical (unpaired) electrons. The van der Waals surface area contributed by atoms with E-state index in [0.29, 0.717) is 12.2 Å². The second-order valence-corrected chi connectivity index (χ2v) is 5.41. The molecular formula is C13H14N4O2S. The smallest absolute Gasteiger partial charge is 0.300 e. The number of fused-ring (bicyclic) bond motifs is 1. The summed E-state index contributed by atoms with van der Waals surface area (Å²) in [5.74, 6) is 0. The Morgan fingerprint density at radius 1 is 1.30 bits per heavy atom. The number of thiazole rings is 1. The van der Waals surface area contributed by atoms with Crippen LogP contribution in [0.25, 0.3) is 4.96 Å². The van der Waals surface area contributed by atoms with Crippen LogP contribution >= 0.6 is 11.3 Å². The van der Waals surface area contributed by atoms with Crippen LogP contribution in [0.15, 0.2) is 39.6 Å². The number of imidazole rings is 1. The van der Waals surface area contributed by atoms with Crippen molar-refractivity contribution in [3.05, 3.63) is 56.6 Å². The first-order valence-corrected chi connectivity index (χ1v) is 7.28.